The topological polar surface area (TPSA) is 69.7 Å². The van der Waals surface area contributed by atoms with Crippen molar-refractivity contribution >= 4 is 39.3 Å². The van der Waals surface area contributed by atoms with E-state index in [0.29, 0.717) is 24.7 Å². The molecular weight excluding hydrogens is 361 g/mol. The predicted molar refractivity (Wildman–Crippen MR) is 90.4 cm³/mol. The second kappa shape index (κ2) is 7.53. The number of carbonyl (C=O) groups excluding carboxylic acids is 1. The molecule has 2 rings (SSSR count). The first-order valence-corrected chi connectivity index (χ1v) is 9.14. The molecule has 0 aliphatic carbocycles. The van der Waals surface area contributed by atoms with Gasteiger partial charge in [0.25, 0.3) is 0 Å². The molecule has 1 fully saturated rings. The average Bonchev–Trinajstić information content (AvgIpc) is 2.54. The maximum Gasteiger partial charge on any atom is 0.317 e. The number of hydrogen-bond donors (Lipinski definition) is 1. The summed E-state index contributed by atoms with van der Waals surface area (Å²) in [7, 11) is -3.74. The van der Waals surface area contributed by atoms with Crippen molar-refractivity contribution in [2.75, 3.05) is 32.7 Å². The highest BCUT2D eigenvalue weighted by molar-refractivity contribution is 7.89. The first-order valence-electron chi connectivity index (χ1n) is 6.95. The summed E-state index contributed by atoms with van der Waals surface area (Å²) in [5, 5.41) is 3.09. The lowest BCUT2D eigenvalue weighted by Gasteiger charge is -2.34. The minimum Gasteiger partial charge on any atom is -0.335 e. The Balaban J connectivity index is 2.08. The molecule has 1 aliphatic rings. The molecule has 0 bridgehead atoms. The third-order valence-electron chi connectivity index (χ3n) is 3.43. The van der Waals surface area contributed by atoms with Gasteiger partial charge in [0.05, 0.1) is 5.02 Å². The number of nitrogens with zero attached hydrogens (tertiary/aromatic N) is 2. The Hall–Kier alpha value is -1.28. The Bertz CT molecular complexity index is 701. The van der Waals surface area contributed by atoms with Gasteiger partial charge in [0.15, 0.2) is 0 Å². The molecule has 1 aliphatic heterocycles. The second-order valence-electron chi connectivity index (χ2n) is 4.94. The number of amides is 2. The van der Waals surface area contributed by atoms with Crippen LogP contribution in [0.1, 0.15) is 0 Å². The normalized spacial score (nSPS) is 16.2. The van der Waals surface area contributed by atoms with Gasteiger partial charge in [0.1, 0.15) is 4.90 Å². The van der Waals surface area contributed by atoms with Crippen molar-refractivity contribution in [1.82, 2.24) is 14.5 Å². The van der Waals surface area contributed by atoms with Gasteiger partial charge in [-0.3, -0.25) is 0 Å². The van der Waals surface area contributed by atoms with E-state index in [9.17, 15) is 13.2 Å². The fraction of sp³-hybridized carbons (Fsp3) is 0.357. The van der Waals surface area contributed by atoms with Crippen molar-refractivity contribution < 1.29 is 13.2 Å². The molecule has 0 radical (unpaired) electrons. The highest BCUT2D eigenvalue weighted by atomic mass is 35.5. The third kappa shape index (κ3) is 4.17. The number of rotatable bonds is 4. The Kier molecular flexibility index (Phi) is 5.91. The minimum absolute atomic E-state index is 0.0174. The summed E-state index contributed by atoms with van der Waals surface area (Å²) in [6, 6.07) is 4.09. The zero-order valence-electron chi connectivity index (χ0n) is 12.3. The van der Waals surface area contributed by atoms with Crippen molar-refractivity contribution in [1.29, 1.82) is 0 Å². The number of sulfonamides is 1. The molecule has 1 N–H and O–H groups in total. The minimum atomic E-state index is -3.74. The summed E-state index contributed by atoms with van der Waals surface area (Å²) in [5.41, 5.74) is 0. The van der Waals surface area contributed by atoms with Crippen LogP contribution < -0.4 is 5.32 Å². The van der Waals surface area contributed by atoms with Crippen molar-refractivity contribution in [3.8, 4) is 0 Å². The molecule has 1 aromatic rings. The third-order valence-corrected chi connectivity index (χ3v) is 6.05. The molecule has 1 heterocycles. The van der Waals surface area contributed by atoms with Gasteiger partial charge in [-0.15, -0.1) is 6.58 Å². The first kappa shape index (κ1) is 18.1. The number of nitrogens with one attached hydrogen (secondary N) is 1. The smallest absolute Gasteiger partial charge is 0.317 e. The van der Waals surface area contributed by atoms with Crippen LogP contribution in [0.3, 0.4) is 0 Å². The number of carbonyl (C=O) groups is 1. The van der Waals surface area contributed by atoms with Gasteiger partial charge in [-0.25, -0.2) is 13.2 Å². The van der Waals surface area contributed by atoms with Crippen molar-refractivity contribution in [3.63, 3.8) is 0 Å². The predicted octanol–water partition coefficient (Wildman–Crippen LogP) is 2.20. The van der Waals surface area contributed by atoms with Gasteiger partial charge < -0.3 is 10.2 Å². The largest absolute Gasteiger partial charge is 0.335 e. The number of benzene rings is 1. The summed E-state index contributed by atoms with van der Waals surface area (Å²) in [4.78, 5) is 13.4. The van der Waals surface area contributed by atoms with E-state index in [-0.39, 0.29) is 29.0 Å². The van der Waals surface area contributed by atoms with E-state index in [4.69, 9.17) is 23.2 Å². The highest BCUT2D eigenvalue weighted by Gasteiger charge is 2.31. The Morgan fingerprint density at radius 3 is 2.52 bits per heavy atom. The SMILES string of the molecule is C=CCNC(=O)N1CCN(S(=O)(=O)c2cc(Cl)ccc2Cl)CC1. The summed E-state index contributed by atoms with van der Waals surface area (Å²) in [5.74, 6) is 0. The molecule has 0 aromatic heterocycles. The van der Waals surface area contributed by atoms with Gasteiger partial charge in [0.2, 0.25) is 10.0 Å². The van der Waals surface area contributed by atoms with Crippen LogP contribution in [-0.4, -0.2) is 56.4 Å². The summed E-state index contributed by atoms with van der Waals surface area (Å²) < 4.78 is 26.6. The van der Waals surface area contributed by atoms with Gasteiger partial charge in [-0.1, -0.05) is 29.3 Å². The van der Waals surface area contributed by atoms with E-state index in [1.165, 1.54) is 22.5 Å². The molecule has 0 atom stereocenters. The molecule has 0 unspecified atom stereocenters. The molecular formula is C14H17Cl2N3O3S. The van der Waals surface area contributed by atoms with Gasteiger partial charge in [-0.2, -0.15) is 4.31 Å². The van der Waals surface area contributed by atoms with Crippen molar-refractivity contribution in [2.24, 2.45) is 0 Å². The van der Waals surface area contributed by atoms with E-state index in [0.717, 1.165) is 0 Å². The fourth-order valence-corrected chi connectivity index (χ4v) is 4.38. The Morgan fingerprint density at radius 1 is 1.26 bits per heavy atom. The summed E-state index contributed by atoms with van der Waals surface area (Å²) >= 11 is 11.9. The Labute approximate surface area is 145 Å². The molecule has 1 aromatic carbocycles. The van der Waals surface area contributed by atoms with Crippen LogP contribution in [-0.2, 0) is 10.0 Å². The monoisotopic (exact) mass is 377 g/mol. The lowest BCUT2D eigenvalue weighted by molar-refractivity contribution is 0.173. The molecule has 9 heteroatoms. The van der Waals surface area contributed by atoms with E-state index in [1.54, 1.807) is 11.0 Å². The lowest BCUT2D eigenvalue weighted by Crippen LogP contribution is -2.53. The van der Waals surface area contributed by atoms with Crippen LogP contribution in [0, 0.1) is 0 Å². The number of halogens is 2. The second-order valence-corrected chi connectivity index (χ2v) is 7.69. The van der Waals surface area contributed by atoms with Crippen molar-refractivity contribution in [3.05, 3.63) is 40.9 Å². The number of piperazine rings is 1. The molecule has 23 heavy (non-hydrogen) atoms. The molecule has 2 amide bonds. The molecule has 126 valence electrons. The zero-order chi connectivity index (χ0) is 17.0. The maximum atomic E-state index is 12.7. The van der Waals surface area contributed by atoms with E-state index in [1.807, 2.05) is 0 Å². The van der Waals surface area contributed by atoms with Crippen molar-refractivity contribution in [2.45, 2.75) is 4.90 Å². The van der Waals surface area contributed by atoms with Gasteiger partial charge in [0, 0.05) is 37.7 Å². The standard InChI is InChI=1S/C14H17Cl2N3O3S/c1-2-5-17-14(20)18-6-8-19(9-7-18)23(21,22)13-10-11(15)3-4-12(13)16/h2-4,10H,1,5-9H2,(H,17,20). The zero-order valence-corrected chi connectivity index (χ0v) is 14.7. The number of urea groups is 1. The Morgan fingerprint density at radius 2 is 1.91 bits per heavy atom. The highest BCUT2D eigenvalue weighted by Crippen LogP contribution is 2.28. The van der Waals surface area contributed by atoms with Crippen LogP contribution in [0.4, 0.5) is 4.79 Å². The van der Waals surface area contributed by atoms with Crippen LogP contribution in [0.15, 0.2) is 35.7 Å². The summed E-state index contributed by atoms with van der Waals surface area (Å²) in [6.45, 7) is 4.91. The lowest BCUT2D eigenvalue weighted by atomic mass is 10.4. The van der Waals surface area contributed by atoms with Gasteiger partial charge >= 0.3 is 6.03 Å². The average molecular weight is 378 g/mol. The quantitative estimate of drug-likeness (QED) is 0.817. The molecule has 0 saturated carbocycles. The van der Waals surface area contributed by atoms with E-state index in [2.05, 4.69) is 11.9 Å². The van der Waals surface area contributed by atoms with Crippen LogP contribution >= 0.6 is 23.2 Å². The van der Waals surface area contributed by atoms with Gasteiger partial charge in [-0.05, 0) is 18.2 Å². The van der Waals surface area contributed by atoms with Crippen LogP contribution in [0.2, 0.25) is 10.0 Å². The summed E-state index contributed by atoms with van der Waals surface area (Å²) in [6.07, 6.45) is 1.58. The molecule has 6 nitrogen and oxygen atoms in total. The fourth-order valence-electron chi connectivity index (χ4n) is 2.22. The van der Waals surface area contributed by atoms with E-state index >= 15 is 0 Å². The van der Waals surface area contributed by atoms with Crippen LogP contribution in [0.5, 0.6) is 0 Å². The maximum absolute atomic E-state index is 12.7. The molecule has 1 saturated heterocycles. The van der Waals surface area contributed by atoms with E-state index < -0.39 is 10.0 Å². The molecule has 0 spiro atoms. The first-order chi connectivity index (χ1) is 10.9. The number of hydrogen-bond acceptors (Lipinski definition) is 3. The van der Waals surface area contributed by atoms with Crippen LogP contribution in [0.25, 0.3) is 0 Å².